The van der Waals surface area contributed by atoms with E-state index in [1.165, 1.54) is 4.68 Å². The van der Waals surface area contributed by atoms with E-state index in [2.05, 4.69) is 17.3 Å². The van der Waals surface area contributed by atoms with Crippen molar-refractivity contribution in [2.45, 2.75) is 46.7 Å². The molecule has 0 saturated heterocycles. The van der Waals surface area contributed by atoms with Gasteiger partial charge in [-0.05, 0) is 26.8 Å². The van der Waals surface area contributed by atoms with E-state index in [-0.39, 0.29) is 18.4 Å². The van der Waals surface area contributed by atoms with E-state index in [0.717, 1.165) is 25.1 Å². The van der Waals surface area contributed by atoms with Gasteiger partial charge < -0.3 is 5.32 Å². The second kappa shape index (κ2) is 7.63. The fourth-order valence-electron chi connectivity index (χ4n) is 1.52. The van der Waals surface area contributed by atoms with Gasteiger partial charge in [0.15, 0.2) is 0 Å². The number of hydrogen-bond acceptors (Lipinski definition) is 2. The van der Waals surface area contributed by atoms with Crippen molar-refractivity contribution in [2.75, 3.05) is 6.54 Å². The van der Waals surface area contributed by atoms with Gasteiger partial charge in [0.05, 0.1) is 5.69 Å². The van der Waals surface area contributed by atoms with Crippen molar-refractivity contribution in [3.8, 4) is 0 Å². The first-order valence-electron chi connectivity index (χ1n) is 5.63. The Kier molecular flexibility index (Phi) is 7.34. The van der Waals surface area contributed by atoms with E-state index in [4.69, 9.17) is 0 Å². The molecule has 16 heavy (non-hydrogen) atoms. The number of aromatic nitrogens is 2. The molecule has 1 aromatic rings. The molecule has 3 nitrogen and oxygen atoms in total. The van der Waals surface area contributed by atoms with E-state index < -0.39 is 0 Å². The number of nitrogens with zero attached hydrogens (tertiary/aromatic N) is 2. The van der Waals surface area contributed by atoms with Gasteiger partial charge >= 0.3 is 0 Å². The average Bonchev–Trinajstić information content (AvgIpc) is 2.50. The number of hydrogen-bond donors (Lipinski definition) is 1. The first-order valence-corrected chi connectivity index (χ1v) is 5.63. The van der Waals surface area contributed by atoms with Gasteiger partial charge in [-0.25, -0.2) is 4.68 Å². The molecule has 0 unspecified atom stereocenters. The average molecular weight is 250 g/mol. The number of nitrogens with one attached hydrogen (secondary N) is 1. The van der Waals surface area contributed by atoms with Gasteiger partial charge in [0.1, 0.15) is 0 Å². The van der Waals surface area contributed by atoms with Crippen molar-refractivity contribution in [1.29, 1.82) is 0 Å². The SMILES string of the molecule is CCCCNCc1c(C)nn(CC)c1F.Cl. The third-order valence-electron chi connectivity index (χ3n) is 2.49. The Labute approximate surface area is 103 Å². The molecule has 0 spiro atoms. The Morgan fingerprint density at radius 3 is 2.56 bits per heavy atom. The van der Waals surface area contributed by atoms with Crippen LogP contribution in [0, 0.1) is 12.9 Å². The van der Waals surface area contributed by atoms with Crippen molar-refractivity contribution in [3.05, 3.63) is 17.2 Å². The summed E-state index contributed by atoms with van der Waals surface area (Å²) in [6, 6.07) is 0. The molecular weight excluding hydrogens is 229 g/mol. The maximum absolute atomic E-state index is 13.7. The molecule has 1 heterocycles. The molecule has 0 aromatic carbocycles. The van der Waals surface area contributed by atoms with Crippen molar-refractivity contribution in [3.63, 3.8) is 0 Å². The summed E-state index contributed by atoms with van der Waals surface area (Å²) in [7, 11) is 0. The Morgan fingerprint density at radius 2 is 2.06 bits per heavy atom. The Morgan fingerprint density at radius 1 is 1.38 bits per heavy atom. The molecule has 0 saturated carbocycles. The summed E-state index contributed by atoms with van der Waals surface area (Å²) in [5, 5.41) is 7.36. The summed E-state index contributed by atoms with van der Waals surface area (Å²) in [6.07, 6.45) is 2.28. The van der Waals surface area contributed by atoms with Gasteiger partial charge in [-0.1, -0.05) is 13.3 Å². The molecule has 0 fully saturated rings. The van der Waals surface area contributed by atoms with Gasteiger partial charge in [0, 0.05) is 18.7 Å². The van der Waals surface area contributed by atoms with Gasteiger partial charge in [0.2, 0.25) is 5.95 Å². The monoisotopic (exact) mass is 249 g/mol. The molecule has 1 rings (SSSR count). The van der Waals surface area contributed by atoms with E-state index in [1.807, 2.05) is 13.8 Å². The number of rotatable bonds is 6. The van der Waals surface area contributed by atoms with Gasteiger partial charge in [-0.15, -0.1) is 12.4 Å². The molecule has 0 radical (unpaired) electrons. The fraction of sp³-hybridized carbons (Fsp3) is 0.727. The molecule has 0 amide bonds. The van der Waals surface area contributed by atoms with Crippen LogP contribution in [0.4, 0.5) is 4.39 Å². The Hall–Kier alpha value is -0.610. The second-order valence-corrected chi connectivity index (χ2v) is 3.70. The summed E-state index contributed by atoms with van der Waals surface area (Å²) >= 11 is 0. The molecule has 94 valence electrons. The summed E-state index contributed by atoms with van der Waals surface area (Å²) in [5.74, 6) is -0.195. The largest absolute Gasteiger partial charge is 0.312 e. The van der Waals surface area contributed by atoms with Crippen LogP contribution >= 0.6 is 12.4 Å². The third kappa shape index (κ3) is 3.76. The molecule has 0 atom stereocenters. The topological polar surface area (TPSA) is 29.9 Å². The summed E-state index contributed by atoms with van der Waals surface area (Å²) < 4.78 is 15.1. The highest BCUT2D eigenvalue weighted by Gasteiger charge is 2.12. The smallest absolute Gasteiger partial charge is 0.216 e. The minimum atomic E-state index is -0.195. The number of unbranched alkanes of at least 4 members (excludes halogenated alkanes) is 1. The predicted octanol–water partition coefficient (Wildman–Crippen LogP) is 2.66. The molecular formula is C11H21ClFN3. The zero-order valence-electron chi connectivity index (χ0n) is 10.2. The maximum Gasteiger partial charge on any atom is 0.216 e. The minimum absolute atomic E-state index is 0. The van der Waals surface area contributed by atoms with Crippen molar-refractivity contribution in [1.82, 2.24) is 15.1 Å². The predicted molar refractivity (Wildman–Crippen MR) is 66.5 cm³/mol. The van der Waals surface area contributed by atoms with Crippen LogP contribution in [0.1, 0.15) is 37.9 Å². The Balaban J connectivity index is 0.00000225. The summed E-state index contributed by atoms with van der Waals surface area (Å²) in [5.41, 5.74) is 1.49. The standard InChI is InChI=1S/C11H20FN3.ClH/c1-4-6-7-13-8-10-9(3)14-15(5-2)11(10)12;/h13H,4-8H2,1-3H3;1H. The van der Waals surface area contributed by atoms with Crippen LogP contribution in [-0.4, -0.2) is 16.3 Å². The Bertz CT molecular complexity index is 312. The lowest BCUT2D eigenvalue weighted by Gasteiger charge is -2.02. The quantitative estimate of drug-likeness (QED) is 0.786. The molecule has 0 bridgehead atoms. The fourth-order valence-corrected chi connectivity index (χ4v) is 1.52. The minimum Gasteiger partial charge on any atom is -0.312 e. The van der Waals surface area contributed by atoms with Crippen LogP contribution in [0.2, 0.25) is 0 Å². The van der Waals surface area contributed by atoms with E-state index >= 15 is 0 Å². The molecule has 5 heteroatoms. The van der Waals surface area contributed by atoms with Gasteiger partial charge in [0.25, 0.3) is 0 Å². The van der Waals surface area contributed by atoms with Crippen molar-refractivity contribution < 1.29 is 4.39 Å². The number of halogens is 2. The lowest BCUT2D eigenvalue weighted by atomic mass is 10.2. The third-order valence-corrected chi connectivity index (χ3v) is 2.49. The molecule has 0 aliphatic carbocycles. The molecule has 1 N–H and O–H groups in total. The van der Waals surface area contributed by atoms with Crippen LogP contribution < -0.4 is 5.32 Å². The summed E-state index contributed by atoms with van der Waals surface area (Å²) in [4.78, 5) is 0. The first kappa shape index (κ1) is 15.4. The highest BCUT2D eigenvalue weighted by atomic mass is 35.5. The lowest BCUT2D eigenvalue weighted by molar-refractivity contribution is 0.460. The van der Waals surface area contributed by atoms with Crippen LogP contribution in [0.3, 0.4) is 0 Å². The highest BCUT2D eigenvalue weighted by Crippen LogP contribution is 2.11. The maximum atomic E-state index is 13.7. The van der Waals surface area contributed by atoms with Crippen LogP contribution in [0.25, 0.3) is 0 Å². The number of aryl methyl sites for hydroxylation is 2. The van der Waals surface area contributed by atoms with Gasteiger partial charge in [-0.3, -0.25) is 0 Å². The molecule has 0 aliphatic heterocycles. The van der Waals surface area contributed by atoms with Crippen LogP contribution in [0.5, 0.6) is 0 Å². The van der Waals surface area contributed by atoms with Gasteiger partial charge in [-0.2, -0.15) is 9.49 Å². The van der Waals surface area contributed by atoms with Crippen LogP contribution in [-0.2, 0) is 13.1 Å². The van der Waals surface area contributed by atoms with E-state index in [1.54, 1.807) is 0 Å². The van der Waals surface area contributed by atoms with Crippen molar-refractivity contribution >= 4 is 12.4 Å². The molecule has 0 aliphatic rings. The first-order chi connectivity index (χ1) is 7.20. The van der Waals surface area contributed by atoms with Crippen molar-refractivity contribution in [2.24, 2.45) is 0 Å². The lowest BCUT2D eigenvalue weighted by Crippen LogP contribution is -2.15. The normalized spacial score (nSPS) is 10.2. The van der Waals surface area contributed by atoms with E-state index in [0.29, 0.717) is 18.7 Å². The second-order valence-electron chi connectivity index (χ2n) is 3.70. The zero-order valence-corrected chi connectivity index (χ0v) is 11.0. The summed E-state index contributed by atoms with van der Waals surface area (Å²) in [6.45, 7) is 7.99. The molecule has 1 aromatic heterocycles. The van der Waals surface area contributed by atoms with E-state index in [9.17, 15) is 4.39 Å². The zero-order chi connectivity index (χ0) is 11.3. The van der Waals surface area contributed by atoms with Crippen LogP contribution in [0.15, 0.2) is 0 Å². The highest BCUT2D eigenvalue weighted by molar-refractivity contribution is 5.85.